The molecule has 0 amide bonds. The van der Waals surface area contributed by atoms with Gasteiger partial charge in [0, 0.05) is 23.3 Å². The van der Waals surface area contributed by atoms with Gasteiger partial charge in [0.15, 0.2) is 6.10 Å². The van der Waals surface area contributed by atoms with Gasteiger partial charge in [-0.05, 0) is 24.3 Å². The smallest absolute Gasteiger partial charge is 0.342 e. The van der Waals surface area contributed by atoms with E-state index in [9.17, 15) is 19.7 Å². The summed E-state index contributed by atoms with van der Waals surface area (Å²) in [6, 6.07) is 20.2. The van der Waals surface area contributed by atoms with Gasteiger partial charge in [-0.15, -0.1) is 0 Å². The summed E-state index contributed by atoms with van der Waals surface area (Å²) < 4.78 is 10.7. The highest BCUT2D eigenvalue weighted by molar-refractivity contribution is 6.02. The number of Topliss-reactive ketones (excluding diaryl/α,β-unsaturated/α-hetero) is 1. The van der Waals surface area contributed by atoms with Crippen molar-refractivity contribution >= 4 is 17.4 Å². The predicted molar refractivity (Wildman–Crippen MR) is 105 cm³/mol. The molecule has 1 unspecified atom stereocenters. The first-order valence-electron chi connectivity index (χ1n) is 8.69. The standard InChI is InChI=1S/C22H17NO6/c1-28-19-10-6-5-9-18(19)22(25)29-21(20(24)15-7-3-2-4-8-15)16-11-13-17(14-12-16)23(26)27/h2-14,21H,1H3. The molecule has 0 heterocycles. The zero-order valence-electron chi connectivity index (χ0n) is 15.5. The van der Waals surface area contributed by atoms with E-state index in [2.05, 4.69) is 0 Å². The summed E-state index contributed by atoms with van der Waals surface area (Å²) in [5, 5.41) is 10.9. The Morgan fingerprint density at radius 1 is 0.897 bits per heavy atom. The van der Waals surface area contributed by atoms with Crippen LogP contribution in [0.5, 0.6) is 5.75 Å². The molecule has 3 aromatic rings. The fourth-order valence-corrected chi connectivity index (χ4v) is 2.78. The van der Waals surface area contributed by atoms with E-state index in [0.29, 0.717) is 16.9 Å². The number of ether oxygens (including phenoxy) is 2. The quantitative estimate of drug-likeness (QED) is 0.257. The molecule has 0 aromatic heterocycles. The number of para-hydroxylation sites is 1. The van der Waals surface area contributed by atoms with Gasteiger partial charge in [0.2, 0.25) is 5.78 Å². The number of nitro benzene ring substituents is 1. The number of rotatable bonds is 7. The number of carbonyl (C=O) groups excluding carboxylic acids is 2. The third-order valence-corrected chi connectivity index (χ3v) is 4.25. The highest BCUT2D eigenvalue weighted by Gasteiger charge is 2.28. The molecular formula is C22H17NO6. The van der Waals surface area contributed by atoms with Crippen molar-refractivity contribution in [1.29, 1.82) is 0 Å². The Hall–Kier alpha value is -4.00. The van der Waals surface area contributed by atoms with Crippen LogP contribution >= 0.6 is 0 Å². The Kier molecular flexibility index (Phi) is 5.99. The molecule has 7 nitrogen and oxygen atoms in total. The highest BCUT2D eigenvalue weighted by Crippen LogP contribution is 2.28. The third kappa shape index (κ3) is 4.47. The number of nitro groups is 1. The van der Waals surface area contributed by atoms with Crippen LogP contribution in [-0.2, 0) is 4.74 Å². The number of esters is 1. The molecule has 0 radical (unpaired) electrons. The van der Waals surface area contributed by atoms with Crippen molar-refractivity contribution in [3.8, 4) is 5.75 Å². The molecule has 0 saturated heterocycles. The SMILES string of the molecule is COc1ccccc1C(=O)OC(C(=O)c1ccccc1)c1ccc([N+](=O)[O-])cc1. The first-order chi connectivity index (χ1) is 14.0. The van der Waals surface area contributed by atoms with Crippen LogP contribution in [0.1, 0.15) is 32.4 Å². The third-order valence-electron chi connectivity index (χ3n) is 4.25. The van der Waals surface area contributed by atoms with Crippen molar-refractivity contribution in [3.63, 3.8) is 0 Å². The molecule has 3 aromatic carbocycles. The first kappa shape index (κ1) is 19.8. The van der Waals surface area contributed by atoms with E-state index in [1.54, 1.807) is 48.5 Å². The lowest BCUT2D eigenvalue weighted by molar-refractivity contribution is -0.384. The maximum Gasteiger partial charge on any atom is 0.342 e. The molecule has 0 N–H and O–H groups in total. The van der Waals surface area contributed by atoms with Gasteiger partial charge in [-0.3, -0.25) is 14.9 Å². The van der Waals surface area contributed by atoms with Gasteiger partial charge < -0.3 is 9.47 Å². The minimum absolute atomic E-state index is 0.129. The molecular weight excluding hydrogens is 374 g/mol. The van der Waals surface area contributed by atoms with Crippen LogP contribution in [0.4, 0.5) is 5.69 Å². The molecule has 3 rings (SSSR count). The van der Waals surface area contributed by atoms with Crippen molar-refractivity contribution in [2.45, 2.75) is 6.10 Å². The Morgan fingerprint density at radius 3 is 2.14 bits per heavy atom. The average molecular weight is 391 g/mol. The first-order valence-corrected chi connectivity index (χ1v) is 8.69. The van der Waals surface area contributed by atoms with Gasteiger partial charge >= 0.3 is 5.97 Å². The fourth-order valence-electron chi connectivity index (χ4n) is 2.78. The number of methoxy groups -OCH3 is 1. The van der Waals surface area contributed by atoms with Crippen LogP contribution in [0.3, 0.4) is 0 Å². The van der Waals surface area contributed by atoms with E-state index in [4.69, 9.17) is 9.47 Å². The van der Waals surface area contributed by atoms with Gasteiger partial charge in [0.1, 0.15) is 11.3 Å². The molecule has 7 heteroatoms. The van der Waals surface area contributed by atoms with Crippen LogP contribution in [0, 0.1) is 10.1 Å². The lowest BCUT2D eigenvalue weighted by atomic mass is 9.99. The number of non-ortho nitro benzene ring substituents is 1. The zero-order valence-corrected chi connectivity index (χ0v) is 15.5. The second-order valence-electron chi connectivity index (χ2n) is 6.06. The molecule has 0 aliphatic carbocycles. The number of hydrogen-bond acceptors (Lipinski definition) is 6. The van der Waals surface area contributed by atoms with Crippen molar-refractivity contribution in [2.24, 2.45) is 0 Å². The van der Waals surface area contributed by atoms with E-state index in [0.717, 1.165) is 0 Å². The summed E-state index contributed by atoms with van der Waals surface area (Å²) >= 11 is 0. The summed E-state index contributed by atoms with van der Waals surface area (Å²) in [6.45, 7) is 0. The minimum Gasteiger partial charge on any atom is -0.496 e. The number of carbonyl (C=O) groups is 2. The van der Waals surface area contributed by atoms with E-state index in [1.807, 2.05) is 0 Å². The summed E-state index contributed by atoms with van der Waals surface area (Å²) in [6.07, 6.45) is -1.27. The summed E-state index contributed by atoms with van der Waals surface area (Å²) in [4.78, 5) is 36.2. The van der Waals surface area contributed by atoms with Gasteiger partial charge in [0.25, 0.3) is 5.69 Å². The monoisotopic (exact) mass is 391 g/mol. The molecule has 29 heavy (non-hydrogen) atoms. The van der Waals surface area contributed by atoms with Crippen molar-refractivity contribution in [1.82, 2.24) is 0 Å². The second kappa shape index (κ2) is 8.79. The lowest BCUT2D eigenvalue weighted by Crippen LogP contribution is -2.20. The Morgan fingerprint density at radius 2 is 1.52 bits per heavy atom. The fraction of sp³-hybridized carbons (Fsp3) is 0.0909. The van der Waals surface area contributed by atoms with E-state index >= 15 is 0 Å². The van der Waals surface area contributed by atoms with Crippen LogP contribution in [-0.4, -0.2) is 23.8 Å². The van der Waals surface area contributed by atoms with Crippen molar-refractivity contribution in [3.05, 3.63) is 106 Å². The maximum absolute atomic E-state index is 13.0. The summed E-state index contributed by atoms with van der Waals surface area (Å²) in [5.41, 5.74) is 0.717. The number of hydrogen-bond donors (Lipinski definition) is 0. The molecule has 0 spiro atoms. The molecule has 0 aliphatic rings. The Bertz CT molecular complexity index is 1030. The van der Waals surface area contributed by atoms with E-state index < -0.39 is 22.8 Å². The van der Waals surface area contributed by atoms with Gasteiger partial charge in [-0.1, -0.05) is 42.5 Å². The van der Waals surface area contributed by atoms with Gasteiger partial charge in [-0.2, -0.15) is 0 Å². The number of ketones is 1. The Labute approximate surface area is 166 Å². The molecule has 1 atom stereocenters. The van der Waals surface area contributed by atoms with Crippen LogP contribution < -0.4 is 4.74 Å². The number of nitrogens with zero attached hydrogens (tertiary/aromatic N) is 1. The second-order valence-corrected chi connectivity index (χ2v) is 6.06. The predicted octanol–water partition coefficient (Wildman–Crippen LogP) is 4.38. The lowest BCUT2D eigenvalue weighted by Gasteiger charge is -2.18. The topological polar surface area (TPSA) is 95.7 Å². The normalized spacial score (nSPS) is 11.3. The molecule has 0 fully saturated rings. The molecule has 0 bridgehead atoms. The van der Waals surface area contributed by atoms with E-state index in [-0.39, 0.29) is 11.3 Å². The zero-order chi connectivity index (χ0) is 20.8. The van der Waals surface area contributed by atoms with Crippen molar-refractivity contribution < 1.29 is 24.0 Å². The average Bonchev–Trinajstić information content (AvgIpc) is 2.77. The Balaban J connectivity index is 1.97. The molecule has 0 aliphatic heterocycles. The minimum atomic E-state index is -1.27. The summed E-state index contributed by atoms with van der Waals surface area (Å²) in [7, 11) is 1.43. The number of benzene rings is 3. The molecule has 0 saturated carbocycles. The maximum atomic E-state index is 13.0. The van der Waals surface area contributed by atoms with Gasteiger partial charge in [0.05, 0.1) is 12.0 Å². The van der Waals surface area contributed by atoms with Crippen molar-refractivity contribution in [2.75, 3.05) is 7.11 Å². The van der Waals surface area contributed by atoms with Crippen LogP contribution in [0.25, 0.3) is 0 Å². The summed E-state index contributed by atoms with van der Waals surface area (Å²) in [5.74, 6) is -0.870. The van der Waals surface area contributed by atoms with Gasteiger partial charge in [-0.25, -0.2) is 4.79 Å². The molecule has 146 valence electrons. The van der Waals surface area contributed by atoms with Crippen LogP contribution in [0.15, 0.2) is 78.9 Å². The largest absolute Gasteiger partial charge is 0.496 e. The van der Waals surface area contributed by atoms with Crippen LogP contribution in [0.2, 0.25) is 0 Å². The van der Waals surface area contributed by atoms with E-state index in [1.165, 1.54) is 37.4 Å². The highest BCUT2D eigenvalue weighted by atomic mass is 16.6.